The molecule has 0 aliphatic heterocycles. The third kappa shape index (κ3) is 2.08. The molecule has 3 atom stereocenters. The minimum absolute atomic E-state index is 0.584. The first-order valence-electron chi connectivity index (χ1n) is 5.58. The van der Waals surface area contributed by atoms with Gasteiger partial charge in [-0.05, 0) is 17.7 Å². The highest BCUT2D eigenvalue weighted by atomic mass is 32.2. The third-order valence-corrected chi connectivity index (χ3v) is 5.07. The Bertz CT molecular complexity index is 610. The van der Waals surface area contributed by atoms with E-state index in [-0.39, 0.29) is 0 Å². The molecule has 2 rings (SSSR count). The lowest BCUT2D eigenvalue weighted by atomic mass is 10.1. The summed E-state index contributed by atoms with van der Waals surface area (Å²) in [6.45, 7) is 0. The first-order valence-corrected chi connectivity index (χ1v) is 7.53. The minimum atomic E-state index is -3.53. The fourth-order valence-electron chi connectivity index (χ4n) is 2.49. The predicted octanol–water partition coefficient (Wildman–Crippen LogP) is -0.0123. The van der Waals surface area contributed by atoms with E-state index < -0.39 is 32.5 Å². The summed E-state index contributed by atoms with van der Waals surface area (Å²) >= 11 is 0. The Morgan fingerprint density at radius 2 is 1.89 bits per heavy atom. The zero-order chi connectivity index (χ0) is 14.4. The standard InChI is InChI=1S/C12H15NO5S/c1-18-8-5-3-7(4-6-8)9-10(19(2,16)17)12(9,13)11(14)15/h3-6,9-10H,13H2,1-2H3,(H,14,15)/t9-,10+,12-/m1/s1. The van der Waals surface area contributed by atoms with Crippen LogP contribution in [0.1, 0.15) is 11.5 Å². The molecule has 1 aliphatic rings. The minimum Gasteiger partial charge on any atom is -0.497 e. The molecule has 1 aromatic rings. The quantitative estimate of drug-likeness (QED) is 0.805. The topological polar surface area (TPSA) is 107 Å². The van der Waals surface area contributed by atoms with Gasteiger partial charge in [0.05, 0.1) is 12.4 Å². The summed E-state index contributed by atoms with van der Waals surface area (Å²) in [4.78, 5) is 11.2. The van der Waals surface area contributed by atoms with Crippen LogP contribution in [0.25, 0.3) is 0 Å². The van der Waals surface area contributed by atoms with Gasteiger partial charge in [0.2, 0.25) is 0 Å². The highest BCUT2D eigenvalue weighted by Crippen LogP contribution is 2.54. The molecule has 0 saturated heterocycles. The van der Waals surface area contributed by atoms with Crippen molar-refractivity contribution in [2.24, 2.45) is 5.73 Å². The fraction of sp³-hybridized carbons (Fsp3) is 0.417. The number of sulfone groups is 1. The molecule has 0 heterocycles. The van der Waals surface area contributed by atoms with Crippen molar-refractivity contribution in [1.29, 1.82) is 0 Å². The van der Waals surface area contributed by atoms with E-state index >= 15 is 0 Å². The Kier molecular flexibility index (Phi) is 3.06. The van der Waals surface area contributed by atoms with Crippen LogP contribution in [0.15, 0.2) is 24.3 Å². The summed E-state index contributed by atoms with van der Waals surface area (Å²) in [5.74, 6) is -1.42. The van der Waals surface area contributed by atoms with Crippen LogP contribution in [0.2, 0.25) is 0 Å². The van der Waals surface area contributed by atoms with Crippen molar-refractivity contribution >= 4 is 15.8 Å². The molecule has 1 saturated carbocycles. The van der Waals surface area contributed by atoms with Gasteiger partial charge in [0.15, 0.2) is 9.84 Å². The molecule has 19 heavy (non-hydrogen) atoms. The molecule has 0 bridgehead atoms. The van der Waals surface area contributed by atoms with Crippen LogP contribution >= 0.6 is 0 Å². The largest absolute Gasteiger partial charge is 0.497 e. The third-order valence-electron chi connectivity index (χ3n) is 3.49. The molecule has 3 N–H and O–H groups in total. The molecule has 1 aliphatic carbocycles. The molecule has 7 heteroatoms. The lowest BCUT2D eigenvalue weighted by Gasteiger charge is -2.05. The molecular formula is C12H15NO5S. The van der Waals surface area contributed by atoms with Gasteiger partial charge in [0, 0.05) is 12.2 Å². The number of carbonyl (C=O) groups is 1. The van der Waals surface area contributed by atoms with Crippen LogP contribution < -0.4 is 10.5 Å². The van der Waals surface area contributed by atoms with Crippen LogP contribution in [0, 0.1) is 0 Å². The van der Waals surface area contributed by atoms with E-state index in [0.29, 0.717) is 11.3 Å². The summed E-state index contributed by atoms with van der Waals surface area (Å²) in [7, 11) is -2.02. The average Bonchev–Trinajstić information content (AvgIpc) is 2.98. The highest BCUT2D eigenvalue weighted by molar-refractivity contribution is 7.91. The second-order valence-electron chi connectivity index (χ2n) is 4.74. The average molecular weight is 285 g/mol. The lowest BCUT2D eigenvalue weighted by molar-refractivity contribution is -0.139. The molecular weight excluding hydrogens is 270 g/mol. The van der Waals surface area contributed by atoms with Crippen molar-refractivity contribution < 1.29 is 23.1 Å². The Morgan fingerprint density at radius 1 is 1.37 bits per heavy atom. The number of methoxy groups -OCH3 is 1. The molecule has 0 unspecified atom stereocenters. The van der Waals surface area contributed by atoms with Crippen molar-refractivity contribution in [2.75, 3.05) is 13.4 Å². The number of hydrogen-bond acceptors (Lipinski definition) is 5. The monoisotopic (exact) mass is 285 g/mol. The molecule has 1 fully saturated rings. The van der Waals surface area contributed by atoms with E-state index in [1.165, 1.54) is 7.11 Å². The van der Waals surface area contributed by atoms with Gasteiger partial charge in [-0.2, -0.15) is 0 Å². The number of carboxylic acid groups (broad SMARTS) is 1. The Hall–Kier alpha value is -1.60. The number of hydrogen-bond donors (Lipinski definition) is 2. The van der Waals surface area contributed by atoms with Gasteiger partial charge in [-0.1, -0.05) is 12.1 Å². The molecule has 0 spiro atoms. The van der Waals surface area contributed by atoms with Crippen molar-refractivity contribution in [3.63, 3.8) is 0 Å². The van der Waals surface area contributed by atoms with Crippen LogP contribution in [0.3, 0.4) is 0 Å². The number of rotatable bonds is 4. The molecule has 0 amide bonds. The molecule has 104 valence electrons. The number of aliphatic carboxylic acids is 1. The van der Waals surface area contributed by atoms with E-state index in [4.69, 9.17) is 15.6 Å². The summed E-state index contributed by atoms with van der Waals surface area (Å²) in [6.07, 6.45) is 1.01. The Balaban J connectivity index is 2.41. The highest BCUT2D eigenvalue weighted by Gasteiger charge is 2.73. The van der Waals surface area contributed by atoms with Crippen molar-refractivity contribution in [3.8, 4) is 5.75 Å². The van der Waals surface area contributed by atoms with E-state index in [2.05, 4.69) is 0 Å². The normalized spacial score (nSPS) is 29.8. The van der Waals surface area contributed by atoms with Crippen molar-refractivity contribution in [1.82, 2.24) is 0 Å². The van der Waals surface area contributed by atoms with Gasteiger partial charge in [0.25, 0.3) is 0 Å². The van der Waals surface area contributed by atoms with Crippen LogP contribution in [0.5, 0.6) is 5.75 Å². The van der Waals surface area contributed by atoms with Gasteiger partial charge >= 0.3 is 5.97 Å². The number of nitrogens with two attached hydrogens (primary N) is 1. The fourth-order valence-corrected chi connectivity index (χ4v) is 4.25. The maximum atomic E-state index is 11.7. The molecule has 6 nitrogen and oxygen atoms in total. The maximum Gasteiger partial charge on any atom is 0.325 e. The van der Waals surface area contributed by atoms with E-state index in [1.807, 2.05) is 0 Å². The smallest absolute Gasteiger partial charge is 0.325 e. The summed E-state index contributed by atoms with van der Waals surface area (Å²) < 4.78 is 28.3. The van der Waals surface area contributed by atoms with E-state index in [0.717, 1.165) is 6.26 Å². The van der Waals surface area contributed by atoms with E-state index in [1.54, 1.807) is 24.3 Å². The second kappa shape index (κ2) is 4.21. The zero-order valence-corrected chi connectivity index (χ0v) is 11.3. The summed E-state index contributed by atoms with van der Waals surface area (Å²) in [5, 5.41) is 8.07. The van der Waals surface area contributed by atoms with Crippen LogP contribution in [-0.2, 0) is 14.6 Å². The van der Waals surface area contributed by atoms with E-state index in [9.17, 15) is 13.2 Å². The van der Waals surface area contributed by atoms with Gasteiger partial charge in [-0.25, -0.2) is 8.42 Å². The maximum absolute atomic E-state index is 11.7. The first kappa shape index (κ1) is 13.8. The number of ether oxygens (including phenoxy) is 1. The number of carboxylic acids is 1. The van der Waals surface area contributed by atoms with Crippen molar-refractivity contribution in [3.05, 3.63) is 29.8 Å². The van der Waals surface area contributed by atoms with Crippen LogP contribution in [-0.4, -0.2) is 43.6 Å². The van der Waals surface area contributed by atoms with Crippen molar-refractivity contribution in [2.45, 2.75) is 16.7 Å². The first-order chi connectivity index (χ1) is 8.72. The number of benzene rings is 1. The van der Waals surface area contributed by atoms with Gasteiger partial charge in [-0.3, -0.25) is 4.79 Å². The zero-order valence-electron chi connectivity index (χ0n) is 10.5. The molecule has 0 radical (unpaired) electrons. The molecule has 1 aromatic carbocycles. The lowest BCUT2D eigenvalue weighted by Crippen LogP contribution is -2.39. The molecule has 0 aromatic heterocycles. The predicted molar refractivity (Wildman–Crippen MR) is 68.9 cm³/mol. The SMILES string of the molecule is COc1ccc([C@@H]2[C@H](S(C)(=O)=O)[C@@]2(N)C(=O)O)cc1. The summed E-state index contributed by atoms with van der Waals surface area (Å²) in [6, 6.07) is 6.57. The Morgan fingerprint density at radius 3 is 2.21 bits per heavy atom. The Labute approximate surface area is 111 Å². The van der Waals surface area contributed by atoms with Crippen LogP contribution in [0.4, 0.5) is 0 Å². The van der Waals surface area contributed by atoms with Gasteiger partial charge in [-0.15, -0.1) is 0 Å². The van der Waals surface area contributed by atoms with Gasteiger partial charge in [0.1, 0.15) is 11.3 Å². The van der Waals surface area contributed by atoms with Gasteiger partial charge < -0.3 is 15.6 Å². The summed E-state index contributed by atoms with van der Waals surface area (Å²) in [5.41, 5.74) is 4.59. The second-order valence-corrected chi connectivity index (χ2v) is 6.91.